The van der Waals surface area contributed by atoms with Gasteiger partial charge in [-0.25, -0.2) is 9.98 Å². The first-order valence-electron chi connectivity index (χ1n) is 6.06. The van der Waals surface area contributed by atoms with Crippen LogP contribution in [0, 0.1) is 0 Å². The highest BCUT2D eigenvalue weighted by Crippen LogP contribution is 2.25. The summed E-state index contributed by atoms with van der Waals surface area (Å²) in [6, 6.07) is 0. The van der Waals surface area contributed by atoms with Gasteiger partial charge in [0.15, 0.2) is 5.96 Å². The van der Waals surface area contributed by atoms with E-state index in [0.717, 1.165) is 11.7 Å². The van der Waals surface area contributed by atoms with Gasteiger partial charge in [-0.3, -0.25) is 0 Å². The number of aromatic nitrogens is 1. The zero-order valence-corrected chi connectivity index (χ0v) is 13.3. The van der Waals surface area contributed by atoms with Gasteiger partial charge in [0.05, 0.1) is 17.2 Å². The Labute approximate surface area is 114 Å². The van der Waals surface area contributed by atoms with Crippen LogP contribution in [0.15, 0.2) is 10.4 Å². The molecule has 0 saturated carbocycles. The standard InChI is InChI=1S/C13H24N4S/c1-13(2,3)11-15-10(9-18-11)8-14-12(16(4)5)17(6)7/h9H,8H2,1-7H3. The van der Waals surface area contributed by atoms with Crippen LogP contribution in [-0.4, -0.2) is 48.9 Å². The molecule has 0 aliphatic carbocycles. The highest BCUT2D eigenvalue weighted by Gasteiger charge is 2.17. The Hall–Kier alpha value is -1.10. The first-order valence-corrected chi connectivity index (χ1v) is 6.93. The summed E-state index contributed by atoms with van der Waals surface area (Å²) in [5, 5.41) is 3.27. The second-order valence-electron chi connectivity index (χ2n) is 5.80. The van der Waals surface area contributed by atoms with Crippen LogP contribution in [0.2, 0.25) is 0 Å². The Balaban J connectivity index is 2.80. The number of hydrogen-bond donors (Lipinski definition) is 0. The van der Waals surface area contributed by atoms with Crippen LogP contribution in [0.3, 0.4) is 0 Å². The lowest BCUT2D eigenvalue weighted by atomic mass is 9.98. The molecule has 0 aliphatic rings. The van der Waals surface area contributed by atoms with Gasteiger partial charge in [0.2, 0.25) is 0 Å². The van der Waals surface area contributed by atoms with Gasteiger partial charge in [-0.2, -0.15) is 0 Å². The van der Waals surface area contributed by atoms with E-state index in [0.29, 0.717) is 6.54 Å². The van der Waals surface area contributed by atoms with Gasteiger partial charge in [-0.05, 0) is 0 Å². The first-order chi connectivity index (χ1) is 8.21. The lowest BCUT2D eigenvalue weighted by molar-refractivity contribution is 0.479. The molecule has 0 N–H and O–H groups in total. The Bertz CT molecular complexity index is 403. The van der Waals surface area contributed by atoms with Crippen molar-refractivity contribution in [2.75, 3.05) is 28.2 Å². The van der Waals surface area contributed by atoms with Crippen molar-refractivity contribution in [3.8, 4) is 0 Å². The summed E-state index contributed by atoms with van der Waals surface area (Å²) < 4.78 is 0. The maximum absolute atomic E-state index is 4.65. The topological polar surface area (TPSA) is 31.7 Å². The molecule has 0 radical (unpaired) electrons. The average molecular weight is 268 g/mol. The van der Waals surface area contributed by atoms with Gasteiger partial charge in [-0.15, -0.1) is 11.3 Å². The number of aliphatic imine (C=N–C) groups is 1. The zero-order valence-electron chi connectivity index (χ0n) is 12.5. The minimum absolute atomic E-state index is 0.124. The van der Waals surface area contributed by atoms with Crippen LogP contribution in [-0.2, 0) is 12.0 Å². The monoisotopic (exact) mass is 268 g/mol. The summed E-state index contributed by atoms with van der Waals surface area (Å²) in [5.74, 6) is 0.959. The fourth-order valence-electron chi connectivity index (χ4n) is 1.56. The molecule has 0 bridgehead atoms. The molecule has 5 heteroatoms. The molecule has 4 nitrogen and oxygen atoms in total. The van der Waals surface area contributed by atoms with Crippen LogP contribution < -0.4 is 0 Å². The summed E-state index contributed by atoms with van der Waals surface area (Å²) in [4.78, 5) is 13.3. The second kappa shape index (κ2) is 5.69. The van der Waals surface area contributed by atoms with E-state index in [9.17, 15) is 0 Å². The number of hydrogen-bond acceptors (Lipinski definition) is 3. The summed E-state index contributed by atoms with van der Waals surface area (Å²) in [6.07, 6.45) is 0. The summed E-state index contributed by atoms with van der Waals surface area (Å²) in [5.41, 5.74) is 1.17. The van der Waals surface area contributed by atoms with Crippen molar-refractivity contribution >= 4 is 17.3 Å². The third kappa shape index (κ3) is 3.98. The van der Waals surface area contributed by atoms with Crippen molar-refractivity contribution in [1.82, 2.24) is 14.8 Å². The minimum Gasteiger partial charge on any atom is -0.349 e. The van der Waals surface area contributed by atoms with Crippen LogP contribution in [0.5, 0.6) is 0 Å². The van der Waals surface area contributed by atoms with E-state index < -0.39 is 0 Å². The van der Waals surface area contributed by atoms with Gasteiger partial charge in [0, 0.05) is 39.0 Å². The van der Waals surface area contributed by atoms with E-state index in [-0.39, 0.29) is 5.41 Å². The molecule has 0 atom stereocenters. The number of rotatable bonds is 2. The molecule has 18 heavy (non-hydrogen) atoms. The molecule has 0 spiro atoms. The molecule has 0 aromatic carbocycles. The van der Waals surface area contributed by atoms with Crippen molar-refractivity contribution in [3.63, 3.8) is 0 Å². The molecule has 0 amide bonds. The molecule has 0 saturated heterocycles. The van der Waals surface area contributed by atoms with E-state index in [4.69, 9.17) is 0 Å². The van der Waals surface area contributed by atoms with Crippen LogP contribution in [0.4, 0.5) is 0 Å². The number of guanidine groups is 1. The molecular weight excluding hydrogens is 244 g/mol. The normalized spacial score (nSPS) is 11.3. The maximum atomic E-state index is 4.65. The largest absolute Gasteiger partial charge is 0.349 e. The second-order valence-corrected chi connectivity index (χ2v) is 6.66. The molecular formula is C13H24N4S. The summed E-state index contributed by atoms with van der Waals surface area (Å²) in [7, 11) is 8.00. The van der Waals surface area contributed by atoms with Crippen molar-refractivity contribution in [3.05, 3.63) is 16.1 Å². The van der Waals surface area contributed by atoms with Gasteiger partial charge in [0.25, 0.3) is 0 Å². The van der Waals surface area contributed by atoms with Crippen LogP contribution in [0.25, 0.3) is 0 Å². The first kappa shape index (κ1) is 15.0. The van der Waals surface area contributed by atoms with Crippen molar-refractivity contribution in [1.29, 1.82) is 0 Å². The Morgan fingerprint density at radius 2 is 1.78 bits per heavy atom. The Morgan fingerprint density at radius 3 is 2.17 bits per heavy atom. The summed E-state index contributed by atoms with van der Waals surface area (Å²) >= 11 is 1.72. The smallest absolute Gasteiger partial charge is 0.195 e. The highest BCUT2D eigenvalue weighted by molar-refractivity contribution is 7.09. The van der Waals surface area contributed by atoms with Gasteiger partial charge >= 0.3 is 0 Å². The van der Waals surface area contributed by atoms with Crippen molar-refractivity contribution in [2.45, 2.75) is 32.7 Å². The van der Waals surface area contributed by atoms with Crippen molar-refractivity contribution < 1.29 is 0 Å². The Kier molecular flexibility index (Phi) is 4.73. The van der Waals surface area contributed by atoms with Crippen molar-refractivity contribution in [2.24, 2.45) is 4.99 Å². The predicted octanol–water partition coefficient (Wildman–Crippen LogP) is 2.42. The van der Waals surface area contributed by atoms with Gasteiger partial charge in [-0.1, -0.05) is 20.8 Å². The fraction of sp³-hybridized carbons (Fsp3) is 0.692. The third-order valence-corrected chi connectivity index (χ3v) is 3.69. The van der Waals surface area contributed by atoms with E-state index in [1.54, 1.807) is 11.3 Å². The van der Waals surface area contributed by atoms with Crippen LogP contribution in [0.1, 0.15) is 31.5 Å². The average Bonchev–Trinajstić information content (AvgIpc) is 2.64. The van der Waals surface area contributed by atoms with Gasteiger partial charge in [0.1, 0.15) is 0 Å². The lowest BCUT2D eigenvalue weighted by Crippen LogP contribution is -2.35. The van der Waals surface area contributed by atoms with Crippen LogP contribution >= 0.6 is 11.3 Å². The lowest BCUT2D eigenvalue weighted by Gasteiger charge is -2.22. The third-order valence-electron chi connectivity index (χ3n) is 2.38. The summed E-state index contributed by atoms with van der Waals surface area (Å²) in [6.45, 7) is 7.19. The molecule has 1 heterocycles. The predicted molar refractivity (Wildman–Crippen MR) is 79.3 cm³/mol. The molecule has 1 aromatic rings. The Morgan fingerprint density at radius 1 is 1.22 bits per heavy atom. The molecule has 0 fully saturated rings. The SMILES string of the molecule is CN(C)C(=NCc1csc(C(C)(C)C)n1)N(C)C. The maximum Gasteiger partial charge on any atom is 0.195 e. The fourth-order valence-corrected chi connectivity index (χ4v) is 2.46. The van der Waals surface area contributed by atoms with Gasteiger partial charge < -0.3 is 9.80 Å². The number of thiazole rings is 1. The highest BCUT2D eigenvalue weighted by atomic mass is 32.1. The molecule has 1 rings (SSSR count). The minimum atomic E-state index is 0.124. The number of nitrogens with zero attached hydrogens (tertiary/aromatic N) is 4. The zero-order chi connectivity index (χ0) is 13.9. The van der Waals surface area contributed by atoms with E-state index in [1.165, 1.54) is 5.01 Å². The quantitative estimate of drug-likeness (QED) is 0.610. The van der Waals surface area contributed by atoms with E-state index in [2.05, 4.69) is 36.1 Å². The van der Waals surface area contributed by atoms with E-state index >= 15 is 0 Å². The molecule has 0 unspecified atom stereocenters. The molecule has 102 valence electrons. The molecule has 1 aromatic heterocycles. The molecule has 0 aliphatic heterocycles. The van der Waals surface area contributed by atoms with E-state index in [1.807, 2.05) is 38.0 Å².